The van der Waals surface area contributed by atoms with Gasteiger partial charge in [-0.25, -0.2) is 9.37 Å². The van der Waals surface area contributed by atoms with Crippen LogP contribution < -0.4 is 16.0 Å². The summed E-state index contributed by atoms with van der Waals surface area (Å²) in [7, 11) is 1.64. The number of aromatic nitrogens is 1. The Kier molecular flexibility index (Phi) is 9.70. The van der Waals surface area contributed by atoms with Crippen LogP contribution in [0.4, 0.5) is 10.2 Å². The maximum Gasteiger partial charge on any atom is 0.227 e. The molecule has 0 atom stereocenters. The van der Waals surface area contributed by atoms with E-state index in [1.807, 2.05) is 19.1 Å². The van der Waals surface area contributed by atoms with Crippen molar-refractivity contribution in [2.24, 2.45) is 4.99 Å². The number of aryl methyl sites for hydroxylation is 2. The van der Waals surface area contributed by atoms with Crippen LogP contribution in [0.3, 0.4) is 0 Å². The highest BCUT2D eigenvalue weighted by atomic mass is 127. The number of nitrogens with zero attached hydrogens (tertiary/aromatic N) is 2. The molecule has 0 saturated carbocycles. The lowest BCUT2D eigenvalue weighted by molar-refractivity contribution is -0.116. The average Bonchev–Trinajstić information content (AvgIpc) is 2.62. The first-order valence-corrected chi connectivity index (χ1v) is 8.40. The van der Waals surface area contributed by atoms with Crippen molar-refractivity contribution in [3.05, 3.63) is 59.0 Å². The van der Waals surface area contributed by atoms with Crippen LogP contribution in [0.15, 0.2) is 41.5 Å². The third-order valence-corrected chi connectivity index (χ3v) is 3.74. The molecule has 3 N–H and O–H groups in total. The van der Waals surface area contributed by atoms with Crippen LogP contribution in [0.5, 0.6) is 0 Å². The van der Waals surface area contributed by atoms with Gasteiger partial charge < -0.3 is 16.0 Å². The van der Waals surface area contributed by atoms with Gasteiger partial charge in [-0.2, -0.15) is 0 Å². The molecule has 0 aliphatic carbocycles. The molecule has 146 valence electrons. The lowest BCUT2D eigenvalue weighted by Gasteiger charge is -2.12. The Morgan fingerprint density at radius 3 is 2.59 bits per heavy atom. The van der Waals surface area contributed by atoms with Crippen LogP contribution in [0, 0.1) is 19.7 Å². The summed E-state index contributed by atoms with van der Waals surface area (Å²) in [6.45, 7) is 4.52. The second-order valence-electron chi connectivity index (χ2n) is 5.96. The van der Waals surface area contributed by atoms with Gasteiger partial charge in [0.2, 0.25) is 5.91 Å². The summed E-state index contributed by atoms with van der Waals surface area (Å²) < 4.78 is 13.6. The summed E-state index contributed by atoms with van der Waals surface area (Å²) in [5, 5.41) is 8.88. The molecule has 0 radical (unpaired) electrons. The predicted octanol–water partition coefficient (Wildman–Crippen LogP) is 3.15. The predicted molar refractivity (Wildman–Crippen MR) is 117 cm³/mol. The Morgan fingerprint density at radius 2 is 1.96 bits per heavy atom. The van der Waals surface area contributed by atoms with E-state index in [-0.39, 0.29) is 42.1 Å². The zero-order valence-electron chi connectivity index (χ0n) is 15.7. The number of nitrogens with one attached hydrogen (secondary N) is 3. The van der Waals surface area contributed by atoms with Crippen molar-refractivity contribution in [3.8, 4) is 0 Å². The van der Waals surface area contributed by atoms with Crippen molar-refractivity contribution in [1.29, 1.82) is 0 Å². The number of carbonyl (C=O) groups is 1. The summed E-state index contributed by atoms with van der Waals surface area (Å²) in [6, 6.07) is 8.76. The summed E-state index contributed by atoms with van der Waals surface area (Å²) >= 11 is 0. The second-order valence-corrected chi connectivity index (χ2v) is 5.96. The number of amides is 1. The fourth-order valence-electron chi connectivity index (χ4n) is 2.19. The SMILES string of the molecule is CN=C(NCCC(=O)Nc1ccc(C)cn1)NCc1ccc(C)c(F)c1.I. The van der Waals surface area contributed by atoms with Gasteiger partial charge in [0.1, 0.15) is 11.6 Å². The summed E-state index contributed by atoms with van der Waals surface area (Å²) in [5.41, 5.74) is 2.47. The largest absolute Gasteiger partial charge is 0.356 e. The molecule has 0 bridgehead atoms. The van der Waals surface area contributed by atoms with E-state index in [9.17, 15) is 9.18 Å². The van der Waals surface area contributed by atoms with Crippen LogP contribution in [-0.4, -0.2) is 30.4 Å². The number of halogens is 2. The van der Waals surface area contributed by atoms with E-state index >= 15 is 0 Å². The van der Waals surface area contributed by atoms with Gasteiger partial charge in [0.15, 0.2) is 5.96 Å². The molecule has 1 amide bonds. The normalized spacial score (nSPS) is 10.7. The van der Waals surface area contributed by atoms with Crippen molar-refractivity contribution in [1.82, 2.24) is 15.6 Å². The molecule has 0 spiro atoms. The molecule has 8 heteroatoms. The number of hydrogen-bond donors (Lipinski definition) is 3. The van der Waals surface area contributed by atoms with E-state index in [4.69, 9.17) is 0 Å². The molecule has 1 aromatic heterocycles. The van der Waals surface area contributed by atoms with Gasteiger partial charge in [-0.1, -0.05) is 18.2 Å². The van der Waals surface area contributed by atoms with Gasteiger partial charge in [0.05, 0.1) is 0 Å². The lowest BCUT2D eigenvalue weighted by Crippen LogP contribution is -2.38. The molecule has 6 nitrogen and oxygen atoms in total. The summed E-state index contributed by atoms with van der Waals surface area (Å²) in [6.07, 6.45) is 1.98. The van der Waals surface area contributed by atoms with Gasteiger partial charge in [0.25, 0.3) is 0 Å². The Labute approximate surface area is 176 Å². The zero-order chi connectivity index (χ0) is 18.9. The molecule has 2 aromatic rings. The van der Waals surface area contributed by atoms with Crippen LogP contribution in [0.2, 0.25) is 0 Å². The van der Waals surface area contributed by atoms with Crippen molar-refractivity contribution in [3.63, 3.8) is 0 Å². The summed E-state index contributed by atoms with van der Waals surface area (Å²) in [5.74, 6) is 0.718. The molecule has 0 unspecified atom stereocenters. The Morgan fingerprint density at radius 1 is 1.19 bits per heavy atom. The molecule has 0 fully saturated rings. The minimum atomic E-state index is -0.228. The Hall–Kier alpha value is -2.23. The molecule has 0 aliphatic rings. The second kappa shape index (κ2) is 11.5. The van der Waals surface area contributed by atoms with E-state index in [0.717, 1.165) is 11.1 Å². The molecule has 27 heavy (non-hydrogen) atoms. The number of aliphatic imine (C=N–C) groups is 1. The van der Waals surface area contributed by atoms with E-state index in [1.165, 1.54) is 6.07 Å². The third kappa shape index (κ3) is 7.90. The quantitative estimate of drug-likeness (QED) is 0.334. The highest BCUT2D eigenvalue weighted by Gasteiger charge is 2.05. The third-order valence-electron chi connectivity index (χ3n) is 3.74. The minimum absolute atomic E-state index is 0. The van der Waals surface area contributed by atoms with Crippen molar-refractivity contribution in [2.75, 3.05) is 18.9 Å². The molecule has 2 rings (SSSR count). The van der Waals surface area contributed by atoms with Gasteiger partial charge in [0, 0.05) is 32.8 Å². The van der Waals surface area contributed by atoms with Crippen LogP contribution in [-0.2, 0) is 11.3 Å². The fraction of sp³-hybridized carbons (Fsp3) is 0.316. The highest BCUT2D eigenvalue weighted by Crippen LogP contribution is 2.08. The van der Waals surface area contributed by atoms with Gasteiger partial charge in [-0.05, 0) is 42.7 Å². The smallest absolute Gasteiger partial charge is 0.227 e. The number of guanidine groups is 1. The molecular weight excluding hydrogens is 460 g/mol. The van der Waals surface area contributed by atoms with Crippen molar-refractivity contribution < 1.29 is 9.18 Å². The molecule has 1 aromatic carbocycles. The van der Waals surface area contributed by atoms with Gasteiger partial charge in [-0.15, -0.1) is 24.0 Å². The standard InChI is InChI=1S/C19H24FN5O.HI/c1-13-4-7-17(23-11-13)25-18(26)8-9-22-19(21-3)24-12-15-6-5-14(2)16(20)10-15;/h4-7,10-11H,8-9,12H2,1-3H3,(H2,21,22,24)(H,23,25,26);1H. The zero-order valence-corrected chi connectivity index (χ0v) is 18.0. The number of benzene rings is 1. The van der Waals surface area contributed by atoms with Gasteiger partial charge >= 0.3 is 0 Å². The van der Waals surface area contributed by atoms with Crippen molar-refractivity contribution >= 4 is 41.7 Å². The highest BCUT2D eigenvalue weighted by molar-refractivity contribution is 14.0. The minimum Gasteiger partial charge on any atom is -0.356 e. The fourth-order valence-corrected chi connectivity index (χ4v) is 2.19. The molecule has 1 heterocycles. The molecule has 0 aliphatic heterocycles. The first-order valence-electron chi connectivity index (χ1n) is 8.40. The van der Waals surface area contributed by atoms with Crippen LogP contribution >= 0.6 is 24.0 Å². The molecule has 0 saturated heterocycles. The molecular formula is C19H25FIN5O. The maximum absolute atomic E-state index is 13.6. The Bertz CT molecular complexity index is 780. The lowest BCUT2D eigenvalue weighted by atomic mass is 10.1. The number of hydrogen-bond acceptors (Lipinski definition) is 3. The van der Waals surface area contributed by atoms with Gasteiger partial charge in [-0.3, -0.25) is 9.79 Å². The first-order chi connectivity index (χ1) is 12.5. The Balaban J connectivity index is 0.00000364. The van der Waals surface area contributed by atoms with Crippen LogP contribution in [0.25, 0.3) is 0 Å². The average molecular weight is 485 g/mol. The van der Waals surface area contributed by atoms with E-state index in [1.54, 1.807) is 32.3 Å². The maximum atomic E-state index is 13.6. The number of anilines is 1. The van der Waals surface area contributed by atoms with Crippen LogP contribution in [0.1, 0.15) is 23.1 Å². The monoisotopic (exact) mass is 485 g/mol. The van der Waals surface area contributed by atoms with E-state index in [2.05, 4.69) is 25.9 Å². The number of rotatable bonds is 6. The number of carbonyl (C=O) groups excluding carboxylic acids is 1. The summed E-state index contributed by atoms with van der Waals surface area (Å²) in [4.78, 5) is 20.1. The van der Waals surface area contributed by atoms with Crippen molar-refractivity contribution in [2.45, 2.75) is 26.8 Å². The van der Waals surface area contributed by atoms with E-state index < -0.39 is 0 Å². The van der Waals surface area contributed by atoms with E-state index in [0.29, 0.717) is 30.4 Å². The topological polar surface area (TPSA) is 78.4 Å². The number of pyridine rings is 1. The first kappa shape index (κ1) is 22.8.